The van der Waals surface area contributed by atoms with Crippen LogP contribution in [0.5, 0.6) is 0 Å². The molecule has 0 radical (unpaired) electrons. The standard InChI is InChI=1S/C12H18O6/c1-5-17-11(15)9(7(3)13)10(8(4)14)12(16)18-6-2/h9-10H,5-6H2,1-4H3/t9-,10-/m1/s1. The summed E-state index contributed by atoms with van der Waals surface area (Å²) in [6, 6.07) is 0. The van der Waals surface area contributed by atoms with Crippen molar-refractivity contribution in [1.82, 2.24) is 0 Å². The zero-order valence-electron chi connectivity index (χ0n) is 11.0. The molecule has 0 heterocycles. The van der Waals surface area contributed by atoms with Gasteiger partial charge in [0.2, 0.25) is 0 Å². The predicted octanol–water partition coefficient (Wildman–Crippen LogP) is 0.523. The van der Waals surface area contributed by atoms with Crippen LogP contribution in [0.25, 0.3) is 0 Å². The van der Waals surface area contributed by atoms with Crippen molar-refractivity contribution >= 4 is 23.5 Å². The molecule has 0 aliphatic rings. The maximum absolute atomic E-state index is 11.6. The summed E-state index contributed by atoms with van der Waals surface area (Å²) in [6.45, 7) is 5.55. The minimum absolute atomic E-state index is 0.0655. The van der Waals surface area contributed by atoms with E-state index in [0.717, 1.165) is 13.8 Å². The fraction of sp³-hybridized carbons (Fsp3) is 0.667. The van der Waals surface area contributed by atoms with Crippen molar-refractivity contribution in [1.29, 1.82) is 0 Å². The van der Waals surface area contributed by atoms with Crippen LogP contribution >= 0.6 is 0 Å². The molecule has 0 amide bonds. The normalized spacial score (nSPS) is 13.3. The van der Waals surface area contributed by atoms with Crippen LogP contribution in [-0.4, -0.2) is 36.7 Å². The number of hydrogen-bond acceptors (Lipinski definition) is 6. The lowest BCUT2D eigenvalue weighted by molar-refractivity contribution is -0.165. The summed E-state index contributed by atoms with van der Waals surface area (Å²) >= 11 is 0. The molecule has 0 saturated carbocycles. The molecular weight excluding hydrogens is 240 g/mol. The third-order valence-electron chi connectivity index (χ3n) is 2.29. The molecule has 0 fully saturated rings. The number of rotatable bonds is 7. The second-order valence-electron chi connectivity index (χ2n) is 3.68. The van der Waals surface area contributed by atoms with Crippen molar-refractivity contribution < 1.29 is 28.7 Å². The van der Waals surface area contributed by atoms with E-state index in [0.29, 0.717) is 0 Å². The molecule has 0 spiro atoms. The van der Waals surface area contributed by atoms with Gasteiger partial charge in [0.1, 0.15) is 23.4 Å². The molecule has 0 aliphatic heterocycles. The van der Waals surface area contributed by atoms with Gasteiger partial charge in [0.15, 0.2) is 0 Å². The predicted molar refractivity (Wildman–Crippen MR) is 61.6 cm³/mol. The van der Waals surface area contributed by atoms with E-state index in [9.17, 15) is 19.2 Å². The Balaban J connectivity index is 5.24. The van der Waals surface area contributed by atoms with Crippen molar-refractivity contribution in [3.63, 3.8) is 0 Å². The van der Waals surface area contributed by atoms with Crippen molar-refractivity contribution in [3.8, 4) is 0 Å². The van der Waals surface area contributed by atoms with Gasteiger partial charge in [-0.1, -0.05) is 0 Å². The Kier molecular flexibility index (Phi) is 6.85. The summed E-state index contributed by atoms with van der Waals surface area (Å²) in [6.07, 6.45) is 0. The molecule has 0 N–H and O–H groups in total. The summed E-state index contributed by atoms with van der Waals surface area (Å²) in [7, 11) is 0. The van der Waals surface area contributed by atoms with E-state index in [-0.39, 0.29) is 13.2 Å². The fourth-order valence-electron chi connectivity index (χ4n) is 1.54. The SMILES string of the molecule is CCOC(=O)[C@H](C(C)=O)[C@@H](C(C)=O)C(=O)OCC. The molecule has 0 aliphatic carbocycles. The molecule has 0 unspecified atom stereocenters. The monoisotopic (exact) mass is 258 g/mol. The van der Waals surface area contributed by atoms with Gasteiger partial charge < -0.3 is 9.47 Å². The Morgan fingerprint density at radius 1 is 0.778 bits per heavy atom. The number of ether oxygens (including phenoxy) is 2. The molecule has 102 valence electrons. The van der Waals surface area contributed by atoms with E-state index in [1.54, 1.807) is 13.8 Å². The first kappa shape index (κ1) is 16.3. The smallest absolute Gasteiger partial charge is 0.317 e. The number of carbonyl (C=O) groups is 4. The van der Waals surface area contributed by atoms with Crippen LogP contribution in [0.15, 0.2) is 0 Å². The van der Waals surface area contributed by atoms with Gasteiger partial charge in [-0.2, -0.15) is 0 Å². The maximum atomic E-state index is 11.6. The van der Waals surface area contributed by atoms with E-state index >= 15 is 0 Å². The molecule has 0 rings (SSSR count). The van der Waals surface area contributed by atoms with Crippen molar-refractivity contribution in [3.05, 3.63) is 0 Å². The maximum Gasteiger partial charge on any atom is 0.317 e. The van der Waals surface area contributed by atoms with Crippen LogP contribution in [-0.2, 0) is 28.7 Å². The second-order valence-corrected chi connectivity index (χ2v) is 3.68. The lowest BCUT2D eigenvalue weighted by Gasteiger charge is -2.19. The van der Waals surface area contributed by atoms with E-state index in [4.69, 9.17) is 9.47 Å². The first-order chi connectivity index (χ1) is 8.36. The molecule has 0 bridgehead atoms. The zero-order valence-corrected chi connectivity index (χ0v) is 11.0. The van der Waals surface area contributed by atoms with E-state index in [1.807, 2.05) is 0 Å². The van der Waals surface area contributed by atoms with Crippen molar-refractivity contribution in [2.75, 3.05) is 13.2 Å². The number of carbonyl (C=O) groups excluding carboxylic acids is 4. The van der Waals surface area contributed by atoms with Gasteiger partial charge >= 0.3 is 11.9 Å². The fourth-order valence-corrected chi connectivity index (χ4v) is 1.54. The molecule has 18 heavy (non-hydrogen) atoms. The van der Waals surface area contributed by atoms with Crippen molar-refractivity contribution in [2.24, 2.45) is 11.8 Å². The summed E-state index contributed by atoms with van der Waals surface area (Å²) < 4.78 is 9.41. The summed E-state index contributed by atoms with van der Waals surface area (Å²) in [5, 5.41) is 0. The minimum atomic E-state index is -1.43. The highest BCUT2D eigenvalue weighted by molar-refractivity contribution is 6.10. The van der Waals surface area contributed by atoms with Crippen LogP contribution in [0.3, 0.4) is 0 Å². The van der Waals surface area contributed by atoms with Gasteiger partial charge in [-0.25, -0.2) is 0 Å². The Hall–Kier alpha value is -1.72. The largest absolute Gasteiger partial charge is 0.465 e. The van der Waals surface area contributed by atoms with Gasteiger partial charge in [-0.05, 0) is 27.7 Å². The highest BCUT2D eigenvalue weighted by atomic mass is 16.5. The number of esters is 2. The molecule has 0 aromatic carbocycles. The average Bonchev–Trinajstić information content (AvgIpc) is 2.24. The highest BCUT2D eigenvalue weighted by Crippen LogP contribution is 2.18. The summed E-state index contributed by atoms with van der Waals surface area (Å²) in [5.74, 6) is -5.80. The molecule has 2 atom stereocenters. The van der Waals surface area contributed by atoms with Gasteiger partial charge in [-0.15, -0.1) is 0 Å². The first-order valence-electron chi connectivity index (χ1n) is 5.70. The minimum Gasteiger partial charge on any atom is -0.465 e. The third-order valence-corrected chi connectivity index (χ3v) is 2.29. The summed E-state index contributed by atoms with van der Waals surface area (Å²) in [4.78, 5) is 46.2. The number of hydrogen-bond donors (Lipinski definition) is 0. The highest BCUT2D eigenvalue weighted by Gasteiger charge is 2.42. The topological polar surface area (TPSA) is 86.7 Å². The van der Waals surface area contributed by atoms with Gasteiger partial charge in [0.25, 0.3) is 0 Å². The molecular formula is C12H18O6. The third kappa shape index (κ3) is 4.27. The van der Waals surface area contributed by atoms with Gasteiger partial charge in [0, 0.05) is 0 Å². The number of Topliss-reactive ketones (excluding diaryl/α,β-unsaturated/α-hetero) is 2. The van der Waals surface area contributed by atoms with Crippen LogP contribution in [0, 0.1) is 11.8 Å². The van der Waals surface area contributed by atoms with Crippen molar-refractivity contribution in [2.45, 2.75) is 27.7 Å². The lowest BCUT2D eigenvalue weighted by atomic mass is 9.86. The Bertz CT molecular complexity index is 312. The second kappa shape index (κ2) is 7.58. The Labute approximate surface area is 106 Å². The lowest BCUT2D eigenvalue weighted by Crippen LogP contribution is -2.40. The Morgan fingerprint density at radius 3 is 1.22 bits per heavy atom. The van der Waals surface area contributed by atoms with E-state index < -0.39 is 35.3 Å². The van der Waals surface area contributed by atoms with Crippen LogP contribution in [0.1, 0.15) is 27.7 Å². The van der Waals surface area contributed by atoms with E-state index in [1.165, 1.54) is 0 Å². The number of ketones is 2. The van der Waals surface area contributed by atoms with Crippen LogP contribution in [0.2, 0.25) is 0 Å². The molecule has 0 aromatic rings. The quantitative estimate of drug-likeness (QED) is 0.489. The van der Waals surface area contributed by atoms with Gasteiger partial charge in [-0.3, -0.25) is 19.2 Å². The molecule has 0 aromatic heterocycles. The molecule has 6 heteroatoms. The van der Waals surface area contributed by atoms with Crippen LogP contribution < -0.4 is 0 Å². The van der Waals surface area contributed by atoms with Gasteiger partial charge in [0.05, 0.1) is 13.2 Å². The zero-order chi connectivity index (χ0) is 14.3. The molecule has 6 nitrogen and oxygen atoms in total. The van der Waals surface area contributed by atoms with E-state index in [2.05, 4.69) is 0 Å². The average molecular weight is 258 g/mol. The van der Waals surface area contributed by atoms with Crippen LogP contribution in [0.4, 0.5) is 0 Å². The summed E-state index contributed by atoms with van der Waals surface area (Å²) in [5.41, 5.74) is 0. The molecule has 0 saturated heterocycles. The first-order valence-corrected chi connectivity index (χ1v) is 5.70. The Morgan fingerprint density at radius 2 is 1.06 bits per heavy atom.